The lowest BCUT2D eigenvalue weighted by atomic mass is 10.1. The summed E-state index contributed by atoms with van der Waals surface area (Å²) in [5.74, 6) is 0.157. The second kappa shape index (κ2) is 6.24. The van der Waals surface area contributed by atoms with Crippen molar-refractivity contribution < 1.29 is 9.53 Å². The van der Waals surface area contributed by atoms with Gasteiger partial charge in [-0.15, -0.1) is 11.3 Å². The van der Waals surface area contributed by atoms with Crippen molar-refractivity contribution in [3.8, 4) is 0 Å². The van der Waals surface area contributed by atoms with Crippen molar-refractivity contribution in [3.63, 3.8) is 0 Å². The number of ether oxygens (including phenoxy) is 1. The summed E-state index contributed by atoms with van der Waals surface area (Å²) in [6, 6.07) is 2.13. The van der Waals surface area contributed by atoms with Crippen LogP contribution in [0.4, 0.5) is 0 Å². The van der Waals surface area contributed by atoms with Gasteiger partial charge in [0.15, 0.2) is 0 Å². The van der Waals surface area contributed by atoms with Gasteiger partial charge in [-0.05, 0) is 37.3 Å². The van der Waals surface area contributed by atoms with Crippen LogP contribution in [0, 0.1) is 0 Å². The number of thiophene rings is 1. The zero-order chi connectivity index (χ0) is 13.9. The number of carbonyl (C=O) groups is 1. The Bertz CT molecular complexity index is 463. The monoisotopic (exact) mass is 294 g/mol. The fourth-order valence-corrected chi connectivity index (χ4v) is 4.20. The minimum Gasteiger partial charge on any atom is -0.373 e. The number of nitrogens with two attached hydrogens (primary N) is 1. The van der Waals surface area contributed by atoms with Crippen LogP contribution in [-0.2, 0) is 17.6 Å². The average Bonchev–Trinajstić information content (AvgIpc) is 2.77. The highest BCUT2D eigenvalue weighted by atomic mass is 32.1. The summed E-state index contributed by atoms with van der Waals surface area (Å²) in [7, 11) is 0. The molecule has 1 saturated heterocycles. The highest BCUT2D eigenvalue weighted by Crippen LogP contribution is 2.30. The first-order valence-corrected chi connectivity index (χ1v) is 8.32. The highest BCUT2D eigenvalue weighted by molar-refractivity contribution is 7.14. The van der Waals surface area contributed by atoms with Crippen LogP contribution in [-0.4, -0.2) is 43.2 Å². The van der Waals surface area contributed by atoms with E-state index >= 15 is 0 Å². The van der Waals surface area contributed by atoms with Crippen LogP contribution in [0.15, 0.2) is 6.07 Å². The van der Waals surface area contributed by atoms with E-state index in [1.54, 1.807) is 11.3 Å². The quantitative estimate of drug-likeness (QED) is 0.847. The van der Waals surface area contributed by atoms with E-state index in [1.165, 1.54) is 29.7 Å². The predicted molar refractivity (Wildman–Crippen MR) is 80.3 cm³/mol. The Labute approximate surface area is 123 Å². The van der Waals surface area contributed by atoms with Crippen molar-refractivity contribution in [3.05, 3.63) is 21.4 Å². The summed E-state index contributed by atoms with van der Waals surface area (Å²) >= 11 is 1.70. The van der Waals surface area contributed by atoms with Gasteiger partial charge in [0.1, 0.15) is 0 Å². The summed E-state index contributed by atoms with van der Waals surface area (Å²) in [6.07, 6.45) is 6.09. The van der Waals surface area contributed by atoms with Crippen molar-refractivity contribution >= 4 is 17.2 Å². The van der Waals surface area contributed by atoms with Crippen LogP contribution >= 0.6 is 11.3 Å². The first-order valence-electron chi connectivity index (χ1n) is 7.50. The number of nitrogens with zero attached hydrogens (tertiary/aromatic N) is 1. The fraction of sp³-hybridized carbons (Fsp3) is 0.667. The normalized spacial score (nSPS) is 23.2. The molecule has 1 aliphatic heterocycles. The van der Waals surface area contributed by atoms with Gasteiger partial charge in [-0.2, -0.15) is 0 Å². The molecule has 1 unspecified atom stereocenters. The molecule has 1 atom stereocenters. The lowest BCUT2D eigenvalue weighted by Gasteiger charge is -2.32. The molecule has 1 aromatic heterocycles. The lowest BCUT2D eigenvalue weighted by Crippen LogP contribution is -2.48. The van der Waals surface area contributed by atoms with Gasteiger partial charge < -0.3 is 15.4 Å². The molecule has 1 fully saturated rings. The second-order valence-electron chi connectivity index (χ2n) is 5.60. The Hall–Kier alpha value is -0.910. The SMILES string of the molecule is NCC1CN(C(=O)c2cc3c(s2)CCCCC3)CCO1. The summed E-state index contributed by atoms with van der Waals surface area (Å²) in [5, 5.41) is 0. The molecule has 3 rings (SSSR count). The van der Waals surface area contributed by atoms with E-state index in [9.17, 15) is 4.79 Å². The van der Waals surface area contributed by atoms with Crippen LogP contribution in [0.2, 0.25) is 0 Å². The Morgan fingerprint density at radius 3 is 3.10 bits per heavy atom. The molecule has 0 aromatic carbocycles. The third-order valence-electron chi connectivity index (χ3n) is 4.15. The second-order valence-corrected chi connectivity index (χ2v) is 6.74. The molecule has 0 bridgehead atoms. The lowest BCUT2D eigenvalue weighted by molar-refractivity contribution is -0.0165. The highest BCUT2D eigenvalue weighted by Gasteiger charge is 2.26. The Kier molecular flexibility index (Phi) is 4.38. The van der Waals surface area contributed by atoms with Gasteiger partial charge in [0.25, 0.3) is 5.91 Å². The number of aryl methyl sites for hydroxylation is 2. The Balaban J connectivity index is 1.73. The number of amides is 1. The van der Waals surface area contributed by atoms with Crippen molar-refractivity contribution in [1.29, 1.82) is 0 Å². The Morgan fingerprint density at radius 2 is 2.25 bits per heavy atom. The van der Waals surface area contributed by atoms with Crippen LogP contribution < -0.4 is 5.73 Å². The third-order valence-corrected chi connectivity index (χ3v) is 5.37. The number of hydrogen-bond donors (Lipinski definition) is 1. The molecule has 0 radical (unpaired) electrons. The number of rotatable bonds is 2. The summed E-state index contributed by atoms with van der Waals surface area (Å²) in [5.41, 5.74) is 7.04. The molecule has 0 spiro atoms. The maximum Gasteiger partial charge on any atom is 0.264 e. The minimum absolute atomic E-state index is 0.00881. The van der Waals surface area contributed by atoms with E-state index in [4.69, 9.17) is 10.5 Å². The topological polar surface area (TPSA) is 55.6 Å². The molecular weight excluding hydrogens is 272 g/mol. The van der Waals surface area contributed by atoms with Crippen molar-refractivity contribution in [2.45, 2.75) is 38.2 Å². The largest absolute Gasteiger partial charge is 0.373 e. The molecule has 4 nitrogen and oxygen atoms in total. The van der Waals surface area contributed by atoms with Crippen molar-refractivity contribution in [2.75, 3.05) is 26.2 Å². The van der Waals surface area contributed by atoms with E-state index in [-0.39, 0.29) is 12.0 Å². The Morgan fingerprint density at radius 1 is 1.40 bits per heavy atom. The van der Waals surface area contributed by atoms with Crippen molar-refractivity contribution in [2.24, 2.45) is 5.73 Å². The predicted octanol–water partition coefficient (Wildman–Crippen LogP) is 1.82. The molecule has 2 heterocycles. The van der Waals surface area contributed by atoms with E-state index in [2.05, 4.69) is 6.07 Å². The number of carbonyl (C=O) groups excluding carboxylic acids is 1. The molecule has 110 valence electrons. The summed E-state index contributed by atoms with van der Waals surface area (Å²) in [6.45, 7) is 2.37. The van der Waals surface area contributed by atoms with Gasteiger partial charge >= 0.3 is 0 Å². The standard InChI is InChI=1S/C15H22N2O2S/c16-9-12-10-17(6-7-19-12)15(18)14-8-11-4-2-1-3-5-13(11)20-14/h8,12H,1-7,9-10,16H2. The van der Waals surface area contributed by atoms with Gasteiger partial charge in [-0.25, -0.2) is 0 Å². The molecule has 1 amide bonds. The number of hydrogen-bond acceptors (Lipinski definition) is 4. The van der Waals surface area contributed by atoms with Gasteiger partial charge in [0.2, 0.25) is 0 Å². The summed E-state index contributed by atoms with van der Waals surface area (Å²) in [4.78, 5) is 16.8. The molecule has 5 heteroatoms. The zero-order valence-corrected chi connectivity index (χ0v) is 12.6. The maximum atomic E-state index is 12.6. The van der Waals surface area contributed by atoms with Gasteiger partial charge in [-0.1, -0.05) is 6.42 Å². The zero-order valence-electron chi connectivity index (χ0n) is 11.8. The molecule has 2 N–H and O–H groups in total. The molecule has 1 aliphatic carbocycles. The molecule has 2 aliphatic rings. The molecule has 0 saturated carbocycles. The van der Waals surface area contributed by atoms with E-state index in [0.717, 1.165) is 17.7 Å². The maximum absolute atomic E-state index is 12.6. The molecule has 20 heavy (non-hydrogen) atoms. The van der Waals surface area contributed by atoms with E-state index in [1.807, 2.05) is 4.90 Å². The average molecular weight is 294 g/mol. The molecular formula is C15H22N2O2S. The first kappa shape index (κ1) is 14.0. The van der Waals surface area contributed by atoms with Gasteiger partial charge in [0.05, 0.1) is 17.6 Å². The molecule has 1 aromatic rings. The minimum atomic E-state index is -0.00881. The van der Waals surface area contributed by atoms with Crippen LogP contribution in [0.3, 0.4) is 0 Å². The van der Waals surface area contributed by atoms with Crippen LogP contribution in [0.5, 0.6) is 0 Å². The van der Waals surface area contributed by atoms with E-state index in [0.29, 0.717) is 26.2 Å². The fourth-order valence-electron chi connectivity index (χ4n) is 2.98. The van der Waals surface area contributed by atoms with Crippen LogP contribution in [0.1, 0.15) is 39.4 Å². The third kappa shape index (κ3) is 2.90. The number of fused-ring (bicyclic) bond motifs is 1. The van der Waals surface area contributed by atoms with Gasteiger partial charge in [0, 0.05) is 24.5 Å². The van der Waals surface area contributed by atoms with Crippen LogP contribution in [0.25, 0.3) is 0 Å². The van der Waals surface area contributed by atoms with E-state index < -0.39 is 0 Å². The van der Waals surface area contributed by atoms with Crippen molar-refractivity contribution in [1.82, 2.24) is 4.90 Å². The smallest absolute Gasteiger partial charge is 0.264 e. The first-order chi connectivity index (χ1) is 9.78. The summed E-state index contributed by atoms with van der Waals surface area (Å²) < 4.78 is 5.53. The van der Waals surface area contributed by atoms with Gasteiger partial charge in [-0.3, -0.25) is 4.79 Å². The number of morpholine rings is 1.